The van der Waals surface area contributed by atoms with Crippen LogP contribution in [0.4, 0.5) is 0 Å². The minimum Gasteiger partial charge on any atom is -0.619 e. The smallest absolute Gasteiger partial charge is 0.180 e. The molecule has 0 amide bonds. The van der Waals surface area contributed by atoms with Crippen molar-refractivity contribution >= 4 is 0 Å². The Hall–Kier alpha value is -1.09. The summed E-state index contributed by atoms with van der Waals surface area (Å²) < 4.78 is 0.784. The Morgan fingerprint density at radius 1 is 1.45 bits per heavy atom. The highest BCUT2D eigenvalue weighted by atomic mass is 16.5. The fourth-order valence-corrected chi connectivity index (χ4v) is 0.880. The molecule has 60 valence electrons. The Morgan fingerprint density at radius 2 is 2.00 bits per heavy atom. The van der Waals surface area contributed by atoms with Gasteiger partial charge in [-0.15, -0.1) is 0 Å². The van der Waals surface area contributed by atoms with E-state index in [0.29, 0.717) is 6.04 Å². The van der Waals surface area contributed by atoms with Crippen molar-refractivity contribution in [2.75, 3.05) is 7.05 Å². The van der Waals surface area contributed by atoms with Crippen LogP contribution in [0.5, 0.6) is 0 Å². The summed E-state index contributed by atoms with van der Waals surface area (Å²) in [6, 6.07) is 3.93. The normalized spacial score (nSPS) is 12.9. The molecule has 0 radical (unpaired) electrons. The summed E-state index contributed by atoms with van der Waals surface area (Å²) in [5.74, 6) is 0. The second-order valence-corrected chi connectivity index (χ2v) is 2.50. The first kappa shape index (κ1) is 8.01. The molecule has 0 aliphatic rings. The standard InChI is InChI=1S/C8H12N2O/c1-7(9-2)8-3-5-10(11)6-4-8/h3-7,9H,1-2H3. The van der Waals surface area contributed by atoms with Crippen molar-refractivity contribution in [2.24, 2.45) is 0 Å². The molecule has 0 saturated carbocycles. The summed E-state index contributed by atoms with van der Waals surface area (Å²) in [5.41, 5.74) is 1.12. The van der Waals surface area contributed by atoms with Crippen LogP contribution in [-0.4, -0.2) is 7.05 Å². The van der Waals surface area contributed by atoms with Gasteiger partial charge < -0.3 is 10.5 Å². The van der Waals surface area contributed by atoms with Gasteiger partial charge >= 0.3 is 0 Å². The van der Waals surface area contributed by atoms with Gasteiger partial charge in [-0.2, -0.15) is 4.73 Å². The van der Waals surface area contributed by atoms with E-state index in [0.717, 1.165) is 10.3 Å². The Morgan fingerprint density at radius 3 is 2.45 bits per heavy atom. The van der Waals surface area contributed by atoms with E-state index in [2.05, 4.69) is 5.32 Å². The van der Waals surface area contributed by atoms with Gasteiger partial charge in [0.2, 0.25) is 0 Å². The second kappa shape index (κ2) is 3.34. The van der Waals surface area contributed by atoms with Crippen molar-refractivity contribution in [2.45, 2.75) is 13.0 Å². The van der Waals surface area contributed by atoms with E-state index in [9.17, 15) is 5.21 Å². The van der Waals surface area contributed by atoms with Gasteiger partial charge in [0.25, 0.3) is 0 Å². The molecule has 0 bridgehead atoms. The summed E-state index contributed by atoms with van der Waals surface area (Å²) >= 11 is 0. The van der Waals surface area contributed by atoms with E-state index in [1.165, 1.54) is 12.4 Å². The molecule has 0 spiro atoms. The molecule has 1 rings (SSSR count). The summed E-state index contributed by atoms with van der Waals surface area (Å²) in [5, 5.41) is 13.7. The highest BCUT2D eigenvalue weighted by molar-refractivity contribution is 5.11. The largest absolute Gasteiger partial charge is 0.619 e. The number of nitrogens with zero attached hydrogens (tertiary/aromatic N) is 1. The average Bonchev–Trinajstić information content (AvgIpc) is 2.05. The van der Waals surface area contributed by atoms with Gasteiger partial charge in [0.05, 0.1) is 0 Å². The topological polar surface area (TPSA) is 39.0 Å². The van der Waals surface area contributed by atoms with Gasteiger partial charge in [-0.05, 0) is 19.5 Å². The third kappa shape index (κ3) is 1.91. The summed E-state index contributed by atoms with van der Waals surface area (Å²) in [4.78, 5) is 0. The van der Waals surface area contributed by atoms with Crippen LogP contribution < -0.4 is 10.0 Å². The van der Waals surface area contributed by atoms with Gasteiger partial charge in [-0.3, -0.25) is 0 Å². The van der Waals surface area contributed by atoms with E-state index in [1.54, 1.807) is 0 Å². The van der Waals surface area contributed by atoms with Crippen LogP contribution in [-0.2, 0) is 0 Å². The Kier molecular flexibility index (Phi) is 2.44. The highest BCUT2D eigenvalue weighted by Gasteiger charge is 2.01. The summed E-state index contributed by atoms with van der Waals surface area (Å²) in [6.45, 7) is 2.05. The SMILES string of the molecule is CNC(C)c1cc[n+]([O-])cc1. The number of aromatic nitrogens is 1. The van der Waals surface area contributed by atoms with Crippen LogP contribution >= 0.6 is 0 Å². The van der Waals surface area contributed by atoms with Gasteiger partial charge in [0.1, 0.15) is 0 Å². The molecule has 0 aromatic carbocycles. The summed E-state index contributed by atoms with van der Waals surface area (Å²) in [6.07, 6.45) is 3.01. The molecule has 1 unspecified atom stereocenters. The van der Waals surface area contributed by atoms with Crippen LogP contribution in [0.15, 0.2) is 24.5 Å². The molecular formula is C8H12N2O. The van der Waals surface area contributed by atoms with E-state index in [4.69, 9.17) is 0 Å². The molecule has 1 aromatic rings. The van der Waals surface area contributed by atoms with Crippen molar-refractivity contribution < 1.29 is 4.73 Å². The first-order valence-corrected chi connectivity index (χ1v) is 3.60. The van der Waals surface area contributed by atoms with Crippen molar-refractivity contribution in [3.8, 4) is 0 Å². The van der Waals surface area contributed by atoms with Crippen LogP contribution in [0.1, 0.15) is 18.5 Å². The maximum Gasteiger partial charge on any atom is 0.180 e. The molecule has 3 heteroatoms. The Balaban J connectivity index is 2.81. The quantitative estimate of drug-likeness (QED) is 0.498. The Labute approximate surface area is 66.3 Å². The lowest BCUT2D eigenvalue weighted by Crippen LogP contribution is -2.24. The molecule has 3 nitrogen and oxygen atoms in total. The molecule has 1 atom stereocenters. The molecule has 1 heterocycles. The van der Waals surface area contributed by atoms with Crippen LogP contribution in [0.3, 0.4) is 0 Å². The third-order valence-electron chi connectivity index (χ3n) is 1.76. The number of nitrogens with one attached hydrogen (secondary N) is 1. The molecule has 0 fully saturated rings. The monoisotopic (exact) mass is 152 g/mol. The third-order valence-corrected chi connectivity index (χ3v) is 1.76. The van der Waals surface area contributed by atoms with E-state index < -0.39 is 0 Å². The number of hydrogen-bond acceptors (Lipinski definition) is 2. The van der Waals surface area contributed by atoms with E-state index in [1.807, 2.05) is 26.1 Å². The lowest BCUT2D eigenvalue weighted by Gasteiger charge is -2.08. The minimum absolute atomic E-state index is 0.302. The molecule has 11 heavy (non-hydrogen) atoms. The van der Waals surface area contributed by atoms with E-state index >= 15 is 0 Å². The maximum absolute atomic E-state index is 10.6. The van der Waals surface area contributed by atoms with Gasteiger partial charge in [0, 0.05) is 18.2 Å². The van der Waals surface area contributed by atoms with Gasteiger partial charge in [0.15, 0.2) is 12.4 Å². The zero-order chi connectivity index (χ0) is 8.27. The van der Waals surface area contributed by atoms with Crippen molar-refractivity contribution in [1.82, 2.24) is 5.32 Å². The maximum atomic E-state index is 10.6. The fourth-order valence-electron chi connectivity index (χ4n) is 0.880. The van der Waals surface area contributed by atoms with Crippen LogP contribution in [0.2, 0.25) is 0 Å². The molecule has 0 aliphatic heterocycles. The fraction of sp³-hybridized carbons (Fsp3) is 0.375. The lowest BCUT2D eigenvalue weighted by molar-refractivity contribution is -0.605. The zero-order valence-corrected chi connectivity index (χ0v) is 6.74. The van der Waals surface area contributed by atoms with Crippen molar-refractivity contribution in [1.29, 1.82) is 0 Å². The van der Waals surface area contributed by atoms with Gasteiger partial charge in [-0.25, -0.2) is 0 Å². The second-order valence-electron chi connectivity index (χ2n) is 2.50. The summed E-state index contributed by atoms with van der Waals surface area (Å²) in [7, 11) is 1.89. The minimum atomic E-state index is 0.302. The van der Waals surface area contributed by atoms with Crippen molar-refractivity contribution in [3.63, 3.8) is 0 Å². The first-order valence-electron chi connectivity index (χ1n) is 3.60. The zero-order valence-electron chi connectivity index (χ0n) is 6.74. The highest BCUT2D eigenvalue weighted by Crippen LogP contribution is 2.07. The molecule has 1 N–H and O–H groups in total. The van der Waals surface area contributed by atoms with E-state index in [-0.39, 0.29) is 0 Å². The predicted molar refractivity (Wildman–Crippen MR) is 42.9 cm³/mol. The van der Waals surface area contributed by atoms with Crippen LogP contribution in [0, 0.1) is 5.21 Å². The first-order chi connectivity index (χ1) is 5.24. The van der Waals surface area contributed by atoms with Gasteiger partial charge in [-0.1, -0.05) is 0 Å². The lowest BCUT2D eigenvalue weighted by atomic mass is 10.1. The molecule has 0 aliphatic carbocycles. The number of rotatable bonds is 2. The number of pyridine rings is 1. The number of hydrogen-bond donors (Lipinski definition) is 1. The van der Waals surface area contributed by atoms with Crippen LogP contribution in [0.25, 0.3) is 0 Å². The molecule has 1 aromatic heterocycles. The molecule has 0 saturated heterocycles. The molecular weight excluding hydrogens is 140 g/mol. The predicted octanol–water partition coefficient (Wildman–Crippen LogP) is 0.600. The Bertz CT molecular complexity index is 220. The average molecular weight is 152 g/mol. The van der Waals surface area contributed by atoms with Crippen molar-refractivity contribution in [3.05, 3.63) is 35.3 Å².